The van der Waals surface area contributed by atoms with Crippen LogP contribution in [0.1, 0.15) is 28.4 Å². The molecule has 1 heterocycles. The number of aryl methyl sites for hydroxylation is 2. The first kappa shape index (κ1) is 13.4. The number of aromatic carboxylic acids is 1. The molecule has 1 N–H and O–H groups in total. The average molecular weight is 280 g/mol. The van der Waals surface area contributed by atoms with Gasteiger partial charge in [-0.2, -0.15) is 5.10 Å². The van der Waals surface area contributed by atoms with Crippen LogP contribution < -0.4 is 0 Å². The number of carboxylic acids is 1. The Bertz CT molecular complexity index is 834. The van der Waals surface area contributed by atoms with Crippen LogP contribution in [0.15, 0.2) is 42.6 Å². The normalized spacial score (nSPS) is 11.0. The van der Waals surface area contributed by atoms with Gasteiger partial charge in [-0.15, -0.1) is 0 Å². The molecule has 0 saturated carbocycles. The fourth-order valence-corrected chi connectivity index (χ4v) is 2.62. The van der Waals surface area contributed by atoms with Crippen LogP contribution in [0.5, 0.6) is 0 Å². The summed E-state index contributed by atoms with van der Waals surface area (Å²) in [7, 11) is 0. The van der Waals surface area contributed by atoms with E-state index in [-0.39, 0.29) is 5.56 Å². The molecule has 0 unspecified atom stereocenters. The van der Waals surface area contributed by atoms with Crippen molar-refractivity contribution in [3.63, 3.8) is 0 Å². The molecule has 0 fully saturated rings. The van der Waals surface area contributed by atoms with E-state index in [9.17, 15) is 4.79 Å². The van der Waals surface area contributed by atoms with E-state index < -0.39 is 5.97 Å². The van der Waals surface area contributed by atoms with Gasteiger partial charge in [-0.3, -0.25) is 0 Å². The van der Waals surface area contributed by atoms with Gasteiger partial charge in [-0.05, 0) is 48.7 Å². The van der Waals surface area contributed by atoms with Gasteiger partial charge < -0.3 is 5.11 Å². The van der Waals surface area contributed by atoms with E-state index in [1.807, 2.05) is 12.3 Å². The fourth-order valence-electron chi connectivity index (χ4n) is 2.62. The van der Waals surface area contributed by atoms with Crippen LogP contribution in [0.4, 0.5) is 0 Å². The number of benzene rings is 2. The van der Waals surface area contributed by atoms with E-state index in [2.05, 4.69) is 31.1 Å². The summed E-state index contributed by atoms with van der Waals surface area (Å²) >= 11 is 0. The third-order valence-electron chi connectivity index (χ3n) is 3.64. The summed E-state index contributed by atoms with van der Waals surface area (Å²) in [5.41, 5.74) is 4.47. The second-order valence-electron chi connectivity index (χ2n) is 5.12. The third kappa shape index (κ3) is 2.29. The molecule has 0 saturated heterocycles. The molecule has 0 amide bonds. The number of nitrogens with zero attached hydrogens (tertiary/aromatic N) is 2. The average Bonchev–Trinajstić information content (AvgIpc) is 2.90. The molecule has 3 rings (SSSR count). The van der Waals surface area contributed by atoms with Crippen molar-refractivity contribution in [2.24, 2.45) is 0 Å². The molecule has 0 aliphatic rings. The highest BCUT2D eigenvalue weighted by molar-refractivity contribution is 5.89. The van der Waals surface area contributed by atoms with Gasteiger partial charge in [0.05, 0.1) is 23.0 Å². The lowest BCUT2D eigenvalue weighted by Gasteiger charge is -2.07. The highest BCUT2D eigenvalue weighted by Gasteiger charge is 2.10. The van der Waals surface area contributed by atoms with Crippen molar-refractivity contribution >= 4 is 16.9 Å². The maximum Gasteiger partial charge on any atom is 0.335 e. The molecule has 21 heavy (non-hydrogen) atoms. The van der Waals surface area contributed by atoms with Gasteiger partial charge in [0, 0.05) is 5.39 Å². The molecule has 2 aromatic carbocycles. The van der Waals surface area contributed by atoms with Gasteiger partial charge in [0.15, 0.2) is 0 Å². The predicted octanol–water partition coefficient (Wildman–Crippen LogP) is 3.59. The zero-order valence-electron chi connectivity index (χ0n) is 12.0. The van der Waals surface area contributed by atoms with Crippen molar-refractivity contribution in [1.82, 2.24) is 9.78 Å². The summed E-state index contributed by atoms with van der Waals surface area (Å²) in [5, 5.41) is 14.7. The lowest BCUT2D eigenvalue weighted by molar-refractivity contribution is 0.0697. The third-order valence-corrected chi connectivity index (χ3v) is 3.64. The number of carboxylic acid groups (broad SMARTS) is 1. The maximum atomic E-state index is 11.1. The molecule has 0 aliphatic heterocycles. The summed E-state index contributed by atoms with van der Waals surface area (Å²) in [5.74, 6) is -0.932. The molecule has 106 valence electrons. The first-order valence-electron chi connectivity index (χ1n) is 6.91. The highest BCUT2D eigenvalue weighted by atomic mass is 16.4. The molecule has 0 spiro atoms. The maximum absolute atomic E-state index is 11.1. The highest BCUT2D eigenvalue weighted by Crippen LogP contribution is 2.24. The van der Waals surface area contributed by atoms with Gasteiger partial charge in [0.1, 0.15) is 0 Å². The molecule has 4 heteroatoms. The molecular formula is C17H16N2O2. The largest absolute Gasteiger partial charge is 0.478 e. The number of hydrogen-bond acceptors (Lipinski definition) is 2. The summed E-state index contributed by atoms with van der Waals surface area (Å²) in [6.07, 6.45) is 2.79. The van der Waals surface area contributed by atoms with Gasteiger partial charge in [-0.1, -0.05) is 19.1 Å². The molecule has 3 aromatic rings. The van der Waals surface area contributed by atoms with E-state index in [0.717, 1.165) is 23.0 Å². The minimum atomic E-state index is -0.932. The Kier molecular flexibility index (Phi) is 3.22. The number of fused-ring (bicyclic) bond motifs is 1. The van der Waals surface area contributed by atoms with Crippen LogP contribution in [0, 0.1) is 6.92 Å². The summed E-state index contributed by atoms with van der Waals surface area (Å²) in [4.78, 5) is 11.1. The second-order valence-corrected chi connectivity index (χ2v) is 5.12. The minimum Gasteiger partial charge on any atom is -0.478 e. The van der Waals surface area contributed by atoms with Crippen molar-refractivity contribution in [3.8, 4) is 5.69 Å². The van der Waals surface area contributed by atoms with Crippen molar-refractivity contribution in [1.29, 1.82) is 0 Å². The predicted molar refractivity (Wildman–Crippen MR) is 82.1 cm³/mol. The minimum absolute atomic E-state index is 0.263. The van der Waals surface area contributed by atoms with E-state index in [0.29, 0.717) is 0 Å². The fraction of sp³-hybridized carbons (Fsp3) is 0.176. The van der Waals surface area contributed by atoms with Crippen LogP contribution in [0.3, 0.4) is 0 Å². The molecule has 0 atom stereocenters. The first-order valence-corrected chi connectivity index (χ1v) is 6.91. The van der Waals surface area contributed by atoms with Gasteiger partial charge in [-0.25, -0.2) is 9.48 Å². The van der Waals surface area contributed by atoms with Gasteiger partial charge in [0.25, 0.3) is 0 Å². The van der Waals surface area contributed by atoms with Crippen LogP contribution >= 0.6 is 0 Å². The van der Waals surface area contributed by atoms with Gasteiger partial charge >= 0.3 is 5.97 Å². The Hall–Kier alpha value is -2.62. The van der Waals surface area contributed by atoms with Crippen LogP contribution in [0.25, 0.3) is 16.6 Å². The number of aromatic nitrogens is 2. The van der Waals surface area contributed by atoms with Crippen molar-refractivity contribution < 1.29 is 9.90 Å². The topological polar surface area (TPSA) is 55.1 Å². The van der Waals surface area contributed by atoms with Crippen LogP contribution in [-0.2, 0) is 6.42 Å². The van der Waals surface area contributed by atoms with E-state index in [1.165, 1.54) is 11.1 Å². The Morgan fingerprint density at radius 2 is 2.10 bits per heavy atom. The Balaban J connectivity index is 2.24. The smallest absolute Gasteiger partial charge is 0.335 e. The number of rotatable bonds is 3. The lowest BCUT2D eigenvalue weighted by Crippen LogP contribution is -2.01. The van der Waals surface area contributed by atoms with Crippen LogP contribution in [0.2, 0.25) is 0 Å². The molecule has 0 aliphatic carbocycles. The standard InChI is InChI=1S/C17H16N2O2/c1-3-12-7-11(2)8-16-15(12)10-18-19(16)14-6-4-5-13(9-14)17(20)21/h4-10H,3H2,1-2H3,(H,20,21). The Morgan fingerprint density at radius 1 is 1.29 bits per heavy atom. The van der Waals surface area contributed by atoms with Crippen molar-refractivity contribution in [2.45, 2.75) is 20.3 Å². The zero-order valence-corrected chi connectivity index (χ0v) is 12.0. The van der Waals surface area contributed by atoms with Gasteiger partial charge in [0.2, 0.25) is 0 Å². The van der Waals surface area contributed by atoms with Crippen molar-refractivity contribution in [3.05, 3.63) is 59.3 Å². The molecule has 0 bridgehead atoms. The molecular weight excluding hydrogens is 264 g/mol. The summed E-state index contributed by atoms with van der Waals surface area (Å²) in [6.45, 7) is 4.18. The monoisotopic (exact) mass is 280 g/mol. The number of hydrogen-bond donors (Lipinski definition) is 1. The van der Waals surface area contributed by atoms with E-state index in [4.69, 9.17) is 5.11 Å². The quantitative estimate of drug-likeness (QED) is 0.797. The summed E-state index contributed by atoms with van der Waals surface area (Å²) < 4.78 is 1.80. The Labute approximate surface area is 122 Å². The zero-order chi connectivity index (χ0) is 15.0. The van der Waals surface area contributed by atoms with E-state index in [1.54, 1.807) is 22.9 Å². The second kappa shape index (κ2) is 5.05. The first-order chi connectivity index (χ1) is 10.1. The molecule has 1 aromatic heterocycles. The lowest BCUT2D eigenvalue weighted by atomic mass is 10.0. The molecule has 0 radical (unpaired) electrons. The van der Waals surface area contributed by atoms with Crippen molar-refractivity contribution in [2.75, 3.05) is 0 Å². The Morgan fingerprint density at radius 3 is 2.81 bits per heavy atom. The number of carbonyl (C=O) groups is 1. The SMILES string of the molecule is CCc1cc(C)cc2c1cnn2-c1cccc(C(=O)O)c1. The summed E-state index contributed by atoms with van der Waals surface area (Å²) in [6, 6.07) is 11.1. The van der Waals surface area contributed by atoms with E-state index >= 15 is 0 Å². The van der Waals surface area contributed by atoms with Crippen LogP contribution in [-0.4, -0.2) is 20.9 Å². The molecule has 4 nitrogen and oxygen atoms in total.